The van der Waals surface area contributed by atoms with E-state index in [1.54, 1.807) is 12.1 Å². The van der Waals surface area contributed by atoms with E-state index < -0.39 is 11.9 Å². The van der Waals surface area contributed by atoms with E-state index in [0.717, 1.165) is 22.3 Å². The van der Waals surface area contributed by atoms with Crippen LogP contribution in [-0.4, -0.2) is 25.2 Å². The van der Waals surface area contributed by atoms with Crippen molar-refractivity contribution in [1.82, 2.24) is 0 Å². The van der Waals surface area contributed by atoms with Gasteiger partial charge >= 0.3 is 11.9 Å². The predicted octanol–water partition coefficient (Wildman–Crippen LogP) is 4.58. The molecule has 0 bridgehead atoms. The first kappa shape index (κ1) is 19.7. The zero-order valence-corrected chi connectivity index (χ0v) is 15.8. The molecule has 0 aromatic heterocycles. The SMILES string of the molecule is CC(=O)OCC(COC(C)=O)=C(c1ccc(C)cc1)c1ccc(Cl)cc1. The van der Waals surface area contributed by atoms with Gasteiger partial charge in [-0.2, -0.15) is 0 Å². The molecule has 0 atom stereocenters. The minimum absolute atomic E-state index is 0.0362. The molecule has 2 aromatic carbocycles. The lowest BCUT2D eigenvalue weighted by Gasteiger charge is -2.17. The number of hydrogen-bond acceptors (Lipinski definition) is 4. The van der Waals surface area contributed by atoms with Crippen LogP contribution in [0.15, 0.2) is 54.1 Å². The summed E-state index contributed by atoms with van der Waals surface area (Å²) in [6.45, 7) is 4.77. The Morgan fingerprint density at radius 2 is 1.23 bits per heavy atom. The van der Waals surface area contributed by atoms with Crippen LogP contribution in [0.2, 0.25) is 5.02 Å². The summed E-state index contributed by atoms with van der Waals surface area (Å²) in [6.07, 6.45) is 0. The van der Waals surface area contributed by atoms with Gasteiger partial charge in [0.05, 0.1) is 0 Å². The summed E-state index contributed by atoms with van der Waals surface area (Å²) in [4.78, 5) is 22.6. The third kappa shape index (κ3) is 5.74. The first-order chi connectivity index (χ1) is 12.4. The van der Waals surface area contributed by atoms with Crippen LogP contribution >= 0.6 is 11.6 Å². The number of halogens is 1. The van der Waals surface area contributed by atoms with E-state index in [-0.39, 0.29) is 13.2 Å². The molecule has 0 aliphatic heterocycles. The van der Waals surface area contributed by atoms with Crippen molar-refractivity contribution in [3.8, 4) is 0 Å². The van der Waals surface area contributed by atoms with Crippen LogP contribution in [0.3, 0.4) is 0 Å². The van der Waals surface area contributed by atoms with Gasteiger partial charge in [0.1, 0.15) is 13.2 Å². The number of carbonyl (C=O) groups is 2. The average Bonchev–Trinajstić information content (AvgIpc) is 2.59. The minimum atomic E-state index is -0.398. The van der Waals surface area contributed by atoms with Crippen LogP contribution < -0.4 is 0 Å². The van der Waals surface area contributed by atoms with Crippen LogP contribution in [0.1, 0.15) is 30.5 Å². The van der Waals surface area contributed by atoms with E-state index in [1.165, 1.54) is 13.8 Å². The minimum Gasteiger partial charge on any atom is -0.461 e. The number of rotatable bonds is 6. The molecule has 26 heavy (non-hydrogen) atoms. The normalized spacial score (nSPS) is 10.2. The molecule has 0 aliphatic carbocycles. The topological polar surface area (TPSA) is 52.6 Å². The van der Waals surface area contributed by atoms with Gasteiger partial charge in [0.15, 0.2) is 0 Å². The van der Waals surface area contributed by atoms with Crippen molar-refractivity contribution in [3.05, 3.63) is 75.8 Å². The molecule has 0 radical (unpaired) electrons. The standard InChI is InChI=1S/C21H21ClO4/c1-14-4-6-17(7-5-14)21(18-8-10-20(22)11-9-18)19(12-25-15(2)23)13-26-16(3)24/h4-11H,12-13H2,1-3H3. The molecule has 0 heterocycles. The molecular weight excluding hydrogens is 352 g/mol. The lowest BCUT2D eigenvalue weighted by atomic mass is 9.93. The molecule has 2 rings (SSSR count). The molecule has 0 aliphatic rings. The highest BCUT2D eigenvalue weighted by atomic mass is 35.5. The molecule has 0 amide bonds. The Morgan fingerprint density at radius 1 is 0.808 bits per heavy atom. The van der Waals surface area contributed by atoms with Crippen molar-refractivity contribution in [2.24, 2.45) is 0 Å². The highest BCUT2D eigenvalue weighted by Crippen LogP contribution is 2.29. The maximum absolute atomic E-state index is 11.3. The second-order valence-electron chi connectivity index (χ2n) is 5.91. The van der Waals surface area contributed by atoms with E-state index in [0.29, 0.717) is 10.6 Å². The fourth-order valence-electron chi connectivity index (χ4n) is 2.48. The van der Waals surface area contributed by atoms with E-state index in [4.69, 9.17) is 21.1 Å². The third-order valence-electron chi connectivity index (χ3n) is 3.73. The Morgan fingerprint density at radius 3 is 1.65 bits per heavy atom. The lowest BCUT2D eigenvalue weighted by Crippen LogP contribution is -2.13. The van der Waals surface area contributed by atoms with Crippen molar-refractivity contribution in [1.29, 1.82) is 0 Å². The molecule has 4 nitrogen and oxygen atoms in total. The molecule has 2 aromatic rings. The van der Waals surface area contributed by atoms with Crippen molar-refractivity contribution < 1.29 is 19.1 Å². The third-order valence-corrected chi connectivity index (χ3v) is 3.98. The Hall–Kier alpha value is -2.59. The van der Waals surface area contributed by atoms with Crippen LogP contribution in [-0.2, 0) is 19.1 Å². The number of carbonyl (C=O) groups excluding carboxylic acids is 2. The van der Waals surface area contributed by atoms with Gasteiger partial charge in [0.2, 0.25) is 0 Å². The highest BCUT2D eigenvalue weighted by Gasteiger charge is 2.15. The Labute approximate surface area is 158 Å². The summed E-state index contributed by atoms with van der Waals surface area (Å²) < 4.78 is 10.4. The summed E-state index contributed by atoms with van der Waals surface area (Å²) >= 11 is 6.01. The molecule has 0 N–H and O–H groups in total. The molecule has 5 heteroatoms. The van der Waals surface area contributed by atoms with Crippen molar-refractivity contribution >= 4 is 29.1 Å². The van der Waals surface area contributed by atoms with Gasteiger partial charge in [-0.3, -0.25) is 9.59 Å². The number of esters is 2. The summed E-state index contributed by atoms with van der Waals surface area (Å²) in [7, 11) is 0. The quantitative estimate of drug-likeness (QED) is 0.696. The van der Waals surface area contributed by atoms with Crippen molar-refractivity contribution in [2.75, 3.05) is 13.2 Å². The maximum Gasteiger partial charge on any atom is 0.302 e. The lowest BCUT2D eigenvalue weighted by molar-refractivity contribution is -0.141. The van der Waals surface area contributed by atoms with E-state index >= 15 is 0 Å². The first-order valence-corrected chi connectivity index (χ1v) is 8.56. The Bertz CT molecular complexity index is 737. The van der Waals surface area contributed by atoms with Gasteiger partial charge in [0.25, 0.3) is 0 Å². The van der Waals surface area contributed by atoms with Gasteiger partial charge in [-0.1, -0.05) is 53.6 Å². The molecule has 0 spiro atoms. The van der Waals surface area contributed by atoms with Crippen LogP contribution in [0.25, 0.3) is 5.57 Å². The summed E-state index contributed by atoms with van der Waals surface area (Å²) in [6, 6.07) is 15.3. The van der Waals surface area contributed by atoms with Gasteiger partial charge in [0, 0.05) is 24.4 Å². The fourth-order valence-corrected chi connectivity index (χ4v) is 2.60. The Balaban J connectivity index is 2.58. The van der Waals surface area contributed by atoms with Gasteiger partial charge in [-0.15, -0.1) is 0 Å². The molecule has 0 saturated heterocycles. The largest absolute Gasteiger partial charge is 0.461 e. The van der Waals surface area contributed by atoms with Crippen LogP contribution in [0.4, 0.5) is 0 Å². The fraction of sp³-hybridized carbons (Fsp3) is 0.238. The molecule has 136 valence electrons. The monoisotopic (exact) mass is 372 g/mol. The van der Waals surface area contributed by atoms with Gasteiger partial charge in [-0.25, -0.2) is 0 Å². The van der Waals surface area contributed by atoms with Crippen molar-refractivity contribution in [2.45, 2.75) is 20.8 Å². The number of ether oxygens (including phenoxy) is 2. The predicted molar refractivity (Wildman–Crippen MR) is 102 cm³/mol. The van der Waals surface area contributed by atoms with E-state index in [2.05, 4.69) is 0 Å². The first-order valence-electron chi connectivity index (χ1n) is 8.18. The highest BCUT2D eigenvalue weighted by molar-refractivity contribution is 6.30. The second kappa shape index (κ2) is 9.20. The van der Waals surface area contributed by atoms with Crippen molar-refractivity contribution in [3.63, 3.8) is 0 Å². The summed E-state index contributed by atoms with van der Waals surface area (Å²) in [5.74, 6) is -0.797. The Kier molecular flexibility index (Phi) is 6.98. The number of hydrogen-bond donors (Lipinski definition) is 0. The molecular formula is C21H21ClO4. The van der Waals surface area contributed by atoms with Crippen LogP contribution in [0.5, 0.6) is 0 Å². The second-order valence-corrected chi connectivity index (χ2v) is 6.35. The molecule has 0 saturated carbocycles. The molecule has 0 fully saturated rings. The number of aryl methyl sites for hydroxylation is 1. The van der Waals surface area contributed by atoms with Gasteiger partial charge < -0.3 is 9.47 Å². The maximum atomic E-state index is 11.3. The zero-order valence-electron chi connectivity index (χ0n) is 15.0. The summed E-state index contributed by atoms with van der Waals surface area (Å²) in [5.41, 5.74) is 4.51. The average molecular weight is 373 g/mol. The van der Waals surface area contributed by atoms with Crippen LogP contribution in [0, 0.1) is 6.92 Å². The van der Waals surface area contributed by atoms with Gasteiger partial charge in [-0.05, 0) is 35.8 Å². The zero-order chi connectivity index (χ0) is 19.1. The van der Waals surface area contributed by atoms with E-state index in [9.17, 15) is 9.59 Å². The molecule has 0 unspecified atom stereocenters. The number of benzene rings is 2. The summed E-state index contributed by atoms with van der Waals surface area (Å²) in [5, 5.41) is 0.624. The van der Waals surface area contributed by atoms with E-state index in [1.807, 2.05) is 43.3 Å². The smallest absolute Gasteiger partial charge is 0.302 e.